The lowest BCUT2D eigenvalue weighted by molar-refractivity contribution is -0.136. The summed E-state index contributed by atoms with van der Waals surface area (Å²) in [7, 11) is 1.40. The van der Waals surface area contributed by atoms with E-state index < -0.39 is 0 Å². The van der Waals surface area contributed by atoms with Crippen molar-refractivity contribution in [2.24, 2.45) is 4.99 Å². The van der Waals surface area contributed by atoms with E-state index in [0.29, 0.717) is 12.0 Å². The zero-order valence-corrected chi connectivity index (χ0v) is 20.1. The lowest BCUT2D eigenvalue weighted by Crippen LogP contribution is -2.42. The monoisotopic (exact) mass is 441 g/mol. The molecule has 2 aliphatic heterocycles. The Morgan fingerprint density at radius 2 is 1.97 bits per heavy atom. The number of ether oxygens (including phenoxy) is 1. The number of esters is 1. The van der Waals surface area contributed by atoms with Gasteiger partial charge in [0.25, 0.3) is 0 Å². The summed E-state index contributed by atoms with van der Waals surface area (Å²) in [6.07, 6.45) is 0.824. The van der Waals surface area contributed by atoms with E-state index in [2.05, 4.69) is 17.4 Å². The summed E-state index contributed by atoms with van der Waals surface area (Å²) in [6.45, 7) is 12.0. The largest absolute Gasteiger partial charge is 0.466 e. The van der Waals surface area contributed by atoms with E-state index in [0.717, 1.165) is 33.3 Å². The molecule has 0 spiro atoms. The smallest absolute Gasteiger partial charge is 0.338 e. The van der Waals surface area contributed by atoms with Gasteiger partial charge in [-0.1, -0.05) is 42.4 Å². The number of nitrogens with zero attached hydrogens (tertiary/aromatic N) is 2. The Balaban J connectivity index is 2.10. The maximum Gasteiger partial charge on any atom is 0.338 e. The van der Waals surface area contributed by atoms with Gasteiger partial charge in [0.05, 0.1) is 30.8 Å². The molecule has 6 nitrogen and oxygen atoms in total. The molecule has 3 rings (SSSR count). The number of methoxy groups -OCH3 is 1. The first-order valence-corrected chi connectivity index (χ1v) is 11.4. The van der Waals surface area contributed by atoms with Gasteiger partial charge in [-0.3, -0.25) is 4.79 Å². The third-order valence-electron chi connectivity index (χ3n) is 5.21. The van der Waals surface area contributed by atoms with E-state index in [1.807, 2.05) is 57.9 Å². The third-order valence-corrected chi connectivity index (χ3v) is 6.09. The highest BCUT2D eigenvalue weighted by Crippen LogP contribution is 2.46. The number of nitrogens with one attached hydrogen (secondary N) is 1. The van der Waals surface area contributed by atoms with Crippen LogP contribution in [0.4, 0.5) is 0 Å². The molecule has 1 atom stereocenters. The van der Waals surface area contributed by atoms with Gasteiger partial charge in [-0.05, 0) is 57.6 Å². The molecule has 0 radical (unpaired) electrons. The fourth-order valence-electron chi connectivity index (χ4n) is 3.97. The first-order valence-electron chi connectivity index (χ1n) is 10.5. The van der Waals surface area contributed by atoms with Gasteiger partial charge in [0, 0.05) is 11.2 Å². The van der Waals surface area contributed by atoms with E-state index in [1.54, 1.807) is 0 Å². The second kappa shape index (κ2) is 8.91. The minimum absolute atomic E-state index is 0.0649. The number of benzene rings is 1. The van der Waals surface area contributed by atoms with E-state index in [9.17, 15) is 9.59 Å². The van der Waals surface area contributed by atoms with Crippen LogP contribution in [0.5, 0.6) is 0 Å². The Morgan fingerprint density at radius 3 is 2.55 bits per heavy atom. The van der Waals surface area contributed by atoms with Crippen LogP contribution in [-0.2, 0) is 14.3 Å². The molecule has 2 heterocycles. The predicted octanol–water partition coefficient (Wildman–Crippen LogP) is 4.75. The van der Waals surface area contributed by atoms with Crippen LogP contribution in [0.15, 0.2) is 45.6 Å². The normalized spacial score (nSPS) is 18.4. The second-order valence-electron chi connectivity index (χ2n) is 8.93. The van der Waals surface area contributed by atoms with Gasteiger partial charge >= 0.3 is 5.97 Å². The second-order valence-corrected chi connectivity index (χ2v) is 9.77. The van der Waals surface area contributed by atoms with E-state index in [4.69, 9.17) is 9.73 Å². The highest BCUT2D eigenvalue weighted by molar-refractivity contribution is 8.16. The number of rotatable bonds is 5. The van der Waals surface area contributed by atoms with Crippen molar-refractivity contribution in [1.82, 2.24) is 10.2 Å². The van der Waals surface area contributed by atoms with Crippen LogP contribution in [0.2, 0.25) is 0 Å². The molecule has 0 saturated heterocycles. The highest BCUT2D eigenvalue weighted by atomic mass is 32.2. The summed E-state index contributed by atoms with van der Waals surface area (Å²) < 4.78 is 5.17. The maximum atomic E-state index is 12.9. The average molecular weight is 442 g/mol. The number of aryl methyl sites for hydroxylation is 2. The van der Waals surface area contributed by atoms with Crippen molar-refractivity contribution < 1.29 is 14.3 Å². The van der Waals surface area contributed by atoms with Crippen molar-refractivity contribution in [1.29, 1.82) is 0 Å². The van der Waals surface area contributed by atoms with Crippen molar-refractivity contribution in [3.8, 4) is 0 Å². The van der Waals surface area contributed by atoms with Crippen molar-refractivity contribution >= 4 is 28.8 Å². The summed E-state index contributed by atoms with van der Waals surface area (Å²) in [4.78, 5) is 32.4. The van der Waals surface area contributed by atoms with Gasteiger partial charge < -0.3 is 15.0 Å². The maximum absolute atomic E-state index is 12.9. The summed E-state index contributed by atoms with van der Waals surface area (Å²) in [6, 6.07) is 5.83. The van der Waals surface area contributed by atoms with Crippen LogP contribution in [0.1, 0.15) is 63.3 Å². The summed E-state index contributed by atoms with van der Waals surface area (Å²) in [5.41, 5.74) is 5.01. The van der Waals surface area contributed by atoms with Gasteiger partial charge in [-0.15, -0.1) is 0 Å². The van der Waals surface area contributed by atoms with Crippen molar-refractivity contribution in [3.63, 3.8) is 0 Å². The van der Waals surface area contributed by atoms with Crippen LogP contribution in [0.3, 0.4) is 0 Å². The first kappa shape index (κ1) is 23.1. The number of carbonyl (C=O) groups is 2. The number of aliphatic imine (C=N–C) groups is 1. The lowest BCUT2D eigenvalue weighted by atomic mass is 9.89. The zero-order chi connectivity index (χ0) is 22.9. The number of fused-ring (bicyclic) bond motifs is 1. The Kier molecular flexibility index (Phi) is 6.65. The third kappa shape index (κ3) is 4.87. The van der Waals surface area contributed by atoms with Crippen LogP contribution < -0.4 is 5.32 Å². The number of hydrogen-bond acceptors (Lipinski definition) is 6. The molecule has 0 saturated carbocycles. The summed E-state index contributed by atoms with van der Waals surface area (Å²) in [5.74, 6) is -0.454. The van der Waals surface area contributed by atoms with Gasteiger partial charge in [-0.25, -0.2) is 9.79 Å². The molecular weight excluding hydrogens is 410 g/mol. The van der Waals surface area contributed by atoms with Crippen LogP contribution in [0, 0.1) is 13.8 Å². The van der Waals surface area contributed by atoms with Crippen LogP contribution in [-0.4, -0.2) is 34.6 Å². The van der Waals surface area contributed by atoms with Crippen LogP contribution >= 0.6 is 11.8 Å². The summed E-state index contributed by atoms with van der Waals surface area (Å²) >= 11 is 1.49. The molecule has 7 heteroatoms. The number of amidine groups is 1. The van der Waals surface area contributed by atoms with Gasteiger partial charge in [0.2, 0.25) is 5.91 Å². The van der Waals surface area contributed by atoms with Crippen molar-refractivity contribution in [3.05, 3.63) is 57.3 Å². The van der Waals surface area contributed by atoms with Gasteiger partial charge in [-0.2, -0.15) is 0 Å². The molecule has 2 aliphatic rings. The fourth-order valence-corrected chi connectivity index (χ4v) is 4.90. The highest BCUT2D eigenvalue weighted by Gasteiger charge is 2.42. The average Bonchev–Trinajstić information content (AvgIpc) is 3.07. The number of thioether (sulfide) groups is 1. The molecular formula is C24H31N3O3S. The lowest BCUT2D eigenvalue weighted by Gasteiger charge is -2.37. The molecule has 0 bridgehead atoms. The Labute approximate surface area is 188 Å². The van der Waals surface area contributed by atoms with E-state index in [-0.39, 0.29) is 29.9 Å². The quantitative estimate of drug-likeness (QED) is 0.668. The van der Waals surface area contributed by atoms with Crippen LogP contribution in [0.25, 0.3) is 0 Å². The van der Waals surface area contributed by atoms with Gasteiger partial charge in [0.15, 0.2) is 5.17 Å². The van der Waals surface area contributed by atoms with Crippen molar-refractivity contribution in [2.75, 3.05) is 7.11 Å². The Bertz CT molecular complexity index is 1000. The predicted molar refractivity (Wildman–Crippen MR) is 125 cm³/mol. The minimum Gasteiger partial charge on any atom is -0.466 e. The first-order chi connectivity index (χ1) is 14.6. The number of hydrogen-bond donors (Lipinski definition) is 1. The molecule has 1 aromatic carbocycles. The van der Waals surface area contributed by atoms with Crippen molar-refractivity contribution in [2.45, 2.75) is 66.0 Å². The molecule has 0 unspecified atom stereocenters. The number of allylic oxidation sites excluding steroid dienone is 1. The number of carbonyl (C=O) groups excluding carboxylic acids is 2. The molecule has 0 fully saturated rings. The molecule has 1 aromatic rings. The zero-order valence-electron chi connectivity index (χ0n) is 19.3. The Hall–Kier alpha value is -2.54. The standard InChI is InChI=1S/C24H31N3O3S/c1-8-18-20(22(29)30-7)21(17-10-9-14(2)11-15(17)3)27-16(13-31-23(27)25-18)12-19(28)26-24(4,5)6/h9-11,13,21H,8,12H2,1-7H3,(H,26,28)/t21-/m1/s1. The molecule has 0 aliphatic carbocycles. The SMILES string of the molecule is CCC1=C(C(=O)OC)[C@@H](c2ccc(C)cc2C)N2C(CC(=O)NC(C)(C)C)=CSC2=N1. The molecule has 166 valence electrons. The topological polar surface area (TPSA) is 71.0 Å². The fraction of sp³-hybridized carbons (Fsp3) is 0.458. The molecule has 1 amide bonds. The molecule has 0 aromatic heterocycles. The van der Waals surface area contributed by atoms with E-state index in [1.165, 1.54) is 18.9 Å². The molecule has 31 heavy (non-hydrogen) atoms. The minimum atomic E-state index is -0.390. The van der Waals surface area contributed by atoms with E-state index >= 15 is 0 Å². The molecule has 1 N–H and O–H groups in total. The number of amides is 1. The Morgan fingerprint density at radius 1 is 1.26 bits per heavy atom. The summed E-state index contributed by atoms with van der Waals surface area (Å²) in [5, 5.41) is 5.77. The van der Waals surface area contributed by atoms with Gasteiger partial charge in [0.1, 0.15) is 0 Å².